The molecule has 10 nitrogen and oxygen atoms in total. The first kappa shape index (κ1) is 31.0. The van der Waals surface area contributed by atoms with E-state index in [0.717, 1.165) is 5.56 Å². The van der Waals surface area contributed by atoms with Crippen molar-refractivity contribution in [3.63, 3.8) is 0 Å². The number of Topliss-reactive ketones (excluding diaryl/α,β-unsaturated/α-hetero) is 2. The van der Waals surface area contributed by atoms with Gasteiger partial charge in [-0.3, -0.25) is 20.2 Å². The van der Waals surface area contributed by atoms with Crippen LogP contribution >= 0.6 is 0 Å². The van der Waals surface area contributed by atoms with E-state index in [1.54, 1.807) is 73.7 Å². The first-order valence-corrected chi connectivity index (χ1v) is 12.8. The van der Waals surface area contributed by atoms with Crippen molar-refractivity contribution in [2.45, 2.75) is 59.0 Å². The summed E-state index contributed by atoms with van der Waals surface area (Å²) in [6.07, 6.45) is -1.43. The van der Waals surface area contributed by atoms with E-state index >= 15 is 0 Å². The van der Waals surface area contributed by atoms with Gasteiger partial charge >= 0.3 is 12.2 Å². The molecule has 3 aromatic rings. The zero-order chi connectivity index (χ0) is 30.4. The number of amides is 2. The van der Waals surface area contributed by atoms with Crippen LogP contribution in [0.25, 0.3) is 0 Å². The van der Waals surface area contributed by atoms with Gasteiger partial charge in [-0.1, -0.05) is 54.6 Å². The second-order valence-electron chi connectivity index (χ2n) is 10.6. The first-order chi connectivity index (χ1) is 19.1. The minimum atomic E-state index is -1.48. The summed E-state index contributed by atoms with van der Waals surface area (Å²) in [5.74, 6) is -0.824. The van der Waals surface area contributed by atoms with Crippen molar-refractivity contribution < 1.29 is 38.9 Å². The Morgan fingerprint density at radius 3 is 1.49 bits per heavy atom. The number of carbonyl (C=O) groups is 4. The Bertz CT molecular complexity index is 1420. The molecule has 0 fully saturated rings. The van der Waals surface area contributed by atoms with Crippen molar-refractivity contribution >= 4 is 35.1 Å². The maximum atomic E-state index is 12.4. The van der Waals surface area contributed by atoms with Gasteiger partial charge in [0, 0.05) is 22.5 Å². The number of nitrogens with one attached hydrogen (secondary N) is 2. The van der Waals surface area contributed by atoms with Crippen molar-refractivity contribution in [3.05, 3.63) is 94.5 Å². The highest BCUT2D eigenvalue weighted by atomic mass is 16.6. The van der Waals surface area contributed by atoms with Gasteiger partial charge in [-0.05, 0) is 63.4 Å². The lowest BCUT2D eigenvalue weighted by molar-refractivity contribution is 0.0487. The molecule has 0 spiro atoms. The summed E-state index contributed by atoms with van der Waals surface area (Å²) >= 11 is 0. The Hall–Kier alpha value is -4.54. The molecule has 0 heterocycles. The highest BCUT2D eigenvalue weighted by molar-refractivity contribution is 6.02. The third-order valence-electron chi connectivity index (χ3n) is 6.00. The SMILES string of the molecule is Cc1ccc(NC(=O)OCc2ccc(C(=O)C(C)(C)O)cc2)cc1NC(=O)OCc1ccc(C(=O)C(C)(C)O)cc1. The fourth-order valence-electron chi connectivity index (χ4n) is 3.64. The van der Waals surface area contributed by atoms with E-state index in [9.17, 15) is 29.4 Å². The number of rotatable bonds is 10. The maximum Gasteiger partial charge on any atom is 0.411 e. The Morgan fingerprint density at radius 1 is 0.659 bits per heavy atom. The number of hydrogen-bond donors (Lipinski definition) is 4. The molecule has 3 rings (SSSR count). The van der Waals surface area contributed by atoms with Gasteiger partial charge < -0.3 is 19.7 Å². The predicted octanol–water partition coefficient (Wildman–Crippen LogP) is 5.40. The van der Waals surface area contributed by atoms with Gasteiger partial charge in [0.05, 0.1) is 0 Å². The molecular weight excluding hydrogens is 528 g/mol. The minimum absolute atomic E-state index is 0.0426. The Balaban J connectivity index is 1.51. The lowest BCUT2D eigenvalue weighted by Crippen LogP contribution is -2.31. The van der Waals surface area contributed by atoms with Crippen LogP contribution in [-0.2, 0) is 22.7 Å². The summed E-state index contributed by atoms with van der Waals surface area (Å²) < 4.78 is 10.5. The maximum absolute atomic E-state index is 12.4. The van der Waals surface area contributed by atoms with Crippen LogP contribution in [0.2, 0.25) is 0 Å². The third-order valence-corrected chi connectivity index (χ3v) is 6.00. The number of anilines is 2. The van der Waals surface area contributed by atoms with Crippen LogP contribution in [0.1, 0.15) is 65.1 Å². The second-order valence-corrected chi connectivity index (χ2v) is 10.6. The standard InChI is InChI=1S/C31H34N2O8/c1-19-6-15-24(32-28(36)40-17-20-7-11-22(12-8-20)26(34)30(2,3)38)16-25(19)33-29(37)41-18-21-9-13-23(14-10-21)27(35)31(4,5)39/h6-16,38-39H,17-18H2,1-5H3,(H,32,36)(H,33,37). The molecule has 0 aliphatic carbocycles. The lowest BCUT2D eigenvalue weighted by atomic mass is 9.96. The zero-order valence-electron chi connectivity index (χ0n) is 23.6. The predicted molar refractivity (Wildman–Crippen MR) is 153 cm³/mol. The van der Waals surface area contributed by atoms with E-state index in [1.165, 1.54) is 27.7 Å². The quantitative estimate of drug-likeness (QED) is 0.240. The van der Waals surface area contributed by atoms with Crippen molar-refractivity contribution in [2.24, 2.45) is 0 Å². The number of aryl methyl sites for hydroxylation is 1. The van der Waals surface area contributed by atoms with E-state index in [2.05, 4.69) is 10.6 Å². The van der Waals surface area contributed by atoms with E-state index in [0.29, 0.717) is 33.6 Å². The van der Waals surface area contributed by atoms with Crippen molar-refractivity contribution in [2.75, 3.05) is 10.6 Å². The molecule has 0 atom stereocenters. The number of carbonyl (C=O) groups excluding carboxylic acids is 4. The average molecular weight is 563 g/mol. The molecule has 0 saturated heterocycles. The number of ether oxygens (including phenoxy) is 2. The summed E-state index contributed by atoms with van der Waals surface area (Å²) in [5, 5.41) is 25.0. The fraction of sp³-hybridized carbons (Fsp3) is 0.290. The largest absolute Gasteiger partial charge is 0.444 e. The molecule has 0 bridgehead atoms. The third kappa shape index (κ3) is 8.99. The topological polar surface area (TPSA) is 151 Å². The van der Waals surface area contributed by atoms with E-state index in [4.69, 9.17) is 9.47 Å². The number of aliphatic hydroxyl groups is 2. The van der Waals surface area contributed by atoms with Gasteiger partial charge in [0.15, 0.2) is 11.6 Å². The van der Waals surface area contributed by atoms with E-state index in [1.807, 2.05) is 0 Å². The summed E-state index contributed by atoms with van der Waals surface area (Å²) in [5.41, 5.74) is 0.576. The number of ketones is 2. The van der Waals surface area contributed by atoms with Crippen LogP contribution < -0.4 is 10.6 Å². The van der Waals surface area contributed by atoms with Gasteiger partial charge in [0.2, 0.25) is 0 Å². The summed E-state index contributed by atoms with van der Waals surface area (Å²) in [6.45, 7) is 7.35. The summed E-state index contributed by atoms with van der Waals surface area (Å²) in [7, 11) is 0. The number of benzene rings is 3. The molecule has 0 radical (unpaired) electrons. The van der Waals surface area contributed by atoms with Crippen molar-refractivity contribution in [3.8, 4) is 0 Å². The Labute approximate surface area is 238 Å². The first-order valence-electron chi connectivity index (χ1n) is 12.8. The normalized spacial score (nSPS) is 11.4. The van der Waals surface area contributed by atoms with Crippen LogP contribution in [-0.4, -0.2) is 45.2 Å². The van der Waals surface area contributed by atoms with Crippen LogP contribution in [0.5, 0.6) is 0 Å². The number of hydrogen-bond acceptors (Lipinski definition) is 8. The van der Waals surface area contributed by atoms with Gasteiger partial charge in [0.1, 0.15) is 24.4 Å². The molecule has 0 saturated carbocycles. The monoisotopic (exact) mass is 562 g/mol. The highest BCUT2D eigenvalue weighted by Crippen LogP contribution is 2.22. The van der Waals surface area contributed by atoms with Crippen LogP contribution in [0.4, 0.5) is 21.0 Å². The van der Waals surface area contributed by atoms with Crippen LogP contribution in [0.15, 0.2) is 66.7 Å². The molecule has 4 N–H and O–H groups in total. The fourth-order valence-corrected chi connectivity index (χ4v) is 3.64. The van der Waals surface area contributed by atoms with Gasteiger partial charge in [-0.25, -0.2) is 9.59 Å². The molecule has 3 aromatic carbocycles. The molecule has 41 heavy (non-hydrogen) atoms. The molecule has 0 aromatic heterocycles. The molecule has 0 aliphatic rings. The highest BCUT2D eigenvalue weighted by Gasteiger charge is 2.25. The molecule has 2 amide bonds. The van der Waals surface area contributed by atoms with E-state index < -0.39 is 35.0 Å². The summed E-state index contributed by atoms with van der Waals surface area (Å²) in [6, 6.07) is 17.7. The van der Waals surface area contributed by atoms with Gasteiger partial charge in [-0.2, -0.15) is 0 Å². The Morgan fingerprint density at radius 2 is 1.07 bits per heavy atom. The van der Waals surface area contributed by atoms with E-state index in [-0.39, 0.29) is 13.2 Å². The zero-order valence-corrected chi connectivity index (χ0v) is 23.6. The van der Waals surface area contributed by atoms with Crippen LogP contribution in [0.3, 0.4) is 0 Å². The lowest BCUT2D eigenvalue weighted by Gasteiger charge is -2.15. The van der Waals surface area contributed by atoms with Crippen LogP contribution in [0, 0.1) is 6.92 Å². The second kappa shape index (κ2) is 12.8. The molecule has 216 valence electrons. The molecular formula is C31H34N2O8. The molecule has 0 aliphatic heterocycles. The van der Waals surface area contributed by atoms with Crippen molar-refractivity contribution in [1.82, 2.24) is 0 Å². The van der Waals surface area contributed by atoms with Crippen molar-refractivity contribution in [1.29, 1.82) is 0 Å². The average Bonchev–Trinajstić information content (AvgIpc) is 2.91. The molecule has 0 unspecified atom stereocenters. The van der Waals surface area contributed by atoms with Gasteiger partial charge in [0.25, 0.3) is 0 Å². The smallest absolute Gasteiger partial charge is 0.411 e. The Kier molecular flexibility index (Phi) is 9.64. The molecule has 10 heteroatoms. The minimum Gasteiger partial charge on any atom is -0.444 e. The van der Waals surface area contributed by atoms with Gasteiger partial charge in [-0.15, -0.1) is 0 Å². The summed E-state index contributed by atoms with van der Waals surface area (Å²) in [4.78, 5) is 49.0.